The maximum absolute atomic E-state index is 12.8. The van der Waals surface area contributed by atoms with E-state index in [0.29, 0.717) is 30.8 Å². The smallest absolute Gasteiger partial charge is 0.313 e. The van der Waals surface area contributed by atoms with Crippen LogP contribution in [0.15, 0.2) is 18.5 Å². The number of rotatable bonds is 8. The second kappa shape index (κ2) is 8.63. The van der Waals surface area contributed by atoms with Crippen molar-refractivity contribution in [1.29, 1.82) is 0 Å². The van der Waals surface area contributed by atoms with Gasteiger partial charge in [0.15, 0.2) is 0 Å². The first-order valence-corrected chi connectivity index (χ1v) is 10.8. The molecule has 1 aliphatic heterocycles. The van der Waals surface area contributed by atoms with Crippen LogP contribution in [0.3, 0.4) is 0 Å². The van der Waals surface area contributed by atoms with Gasteiger partial charge in [-0.15, -0.1) is 23.2 Å². The lowest BCUT2D eigenvalue weighted by molar-refractivity contribution is -0.137. The van der Waals surface area contributed by atoms with Gasteiger partial charge in [0.1, 0.15) is 10.4 Å². The summed E-state index contributed by atoms with van der Waals surface area (Å²) in [7, 11) is 0. The number of nitrogens with one attached hydrogen (secondary N) is 2. The molecule has 0 spiro atoms. The summed E-state index contributed by atoms with van der Waals surface area (Å²) in [6.07, 6.45) is 4.23. The van der Waals surface area contributed by atoms with Crippen LogP contribution in [0.4, 0.5) is 5.69 Å². The molecule has 1 aromatic rings. The maximum atomic E-state index is 12.8. The van der Waals surface area contributed by atoms with Crippen molar-refractivity contribution in [2.24, 2.45) is 17.1 Å². The molecule has 1 saturated carbocycles. The summed E-state index contributed by atoms with van der Waals surface area (Å²) in [4.78, 5) is 42.4. The van der Waals surface area contributed by atoms with E-state index in [1.54, 1.807) is 4.90 Å². The van der Waals surface area contributed by atoms with Gasteiger partial charge in [0.05, 0.1) is 24.0 Å². The monoisotopic (exact) mass is 469 g/mol. The molecule has 2 heterocycles. The second-order valence-corrected chi connectivity index (χ2v) is 9.83. The molecule has 0 aromatic carbocycles. The first-order chi connectivity index (χ1) is 14.5. The lowest BCUT2D eigenvalue weighted by Crippen LogP contribution is -2.49. The third-order valence-corrected chi connectivity index (χ3v) is 7.75. The van der Waals surface area contributed by atoms with Gasteiger partial charge in [0, 0.05) is 30.6 Å². The van der Waals surface area contributed by atoms with Crippen LogP contribution in [0, 0.1) is 11.3 Å². The molecular weight excluding hydrogens is 443 g/mol. The van der Waals surface area contributed by atoms with E-state index in [4.69, 9.17) is 34.3 Å². The van der Waals surface area contributed by atoms with Gasteiger partial charge in [-0.1, -0.05) is 13.8 Å². The molecule has 2 atom stereocenters. The quantitative estimate of drug-likeness (QED) is 0.298. The van der Waals surface area contributed by atoms with Crippen LogP contribution in [-0.2, 0) is 14.4 Å². The molecule has 1 aliphatic carbocycles. The van der Waals surface area contributed by atoms with Gasteiger partial charge in [-0.05, 0) is 18.9 Å². The van der Waals surface area contributed by atoms with Crippen molar-refractivity contribution in [3.63, 3.8) is 0 Å². The van der Waals surface area contributed by atoms with Gasteiger partial charge >= 0.3 is 5.91 Å². The zero-order chi connectivity index (χ0) is 23.0. The third kappa shape index (κ3) is 4.48. The number of hydrogen-bond donors (Lipinski definition) is 4. The lowest BCUT2D eigenvalue weighted by Gasteiger charge is -2.24. The highest BCUT2D eigenvalue weighted by Gasteiger charge is 2.69. The molecule has 2 aliphatic rings. The summed E-state index contributed by atoms with van der Waals surface area (Å²) in [5, 5.41) is 11.6. The summed E-state index contributed by atoms with van der Waals surface area (Å²) in [6.45, 7) is 4.66. The largest absolute Gasteiger partial charge is 0.374 e. The van der Waals surface area contributed by atoms with Crippen LogP contribution in [0.1, 0.15) is 32.3 Å². The van der Waals surface area contributed by atoms with Crippen molar-refractivity contribution in [3.05, 3.63) is 24.0 Å². The molecule has 0 radical (unpaired) electrons. The van der Waals surface area contributed by atoms with Crippen molar-refractivity contribution in [2.75, 3.05) is 25.0 Å². The fraction of sp³-hybridized carbons (Fsp3) is 0.550. The molecule has 9 nitrogen and oxygen atoms in total. The van der Waals surface area contributed by atoms with Crippen molar-refractivity contribution in [3.8, 4) is 0 Å². The van der Waals surface area contributed by atoms with Gasteiger partial charge in [-0.25, -0.2) is 5.41 Å². The van der Waals surface area contributed by atoms with E-state index in [1.165, 1.54) is 18.5 Å². The number of carbonyl (C=O) groups excluding carboxylic acids is 3. The molecule has 31 heavy (non-hydrogen) atoms. The Balaban J connectivity index is 1.58. The van der Waals surface area contributed by atoms with Crippen molar-refractivity contribution < 1.29 is 19.8 Å². The van der Waals surface area contributed by atoms with E-state index in [2.05, 4.69) is 15.6 Å². The summed E-state index contributed by atoms with van der Waals surface area (Å²) in [5.41, 5.74) is 5.61. The number of hydrogen-bond acceptors (Lipinski definition) is 5. The second-order valence-electron chi connectivity index (χ2n) is 8.44. The number of likely N-dealkylation sites (tertiary alicyclic amines) is 1. The number of halogens is 2. The number of aromatic nitrogens is 1. The van der Waals surface area contributed by atoms with Crippen LogP contribution in [0.25, 0.3) is 0 Å². The molecule has 0 bridgehead atoms. The van der Waals surface area contributed by atoms with Gasteiger partial charge in [-0.3, -0.25) is 19.4 Å². The molecule has 11 heteroatoms. The van der Waals surface area contributed by atoms with Crippen LogP contribution in [-0.4, -0.2) is 63.3 Å². The Bertz CT molecular complexity index is 906. The Labute approximate surface area is 190 Å². The molecular formula is C20H27Cl2N6O3+. The highest BCUT2D eigenvalue weighted by Crippen LogP contribution is 2.68. The van der Waals surface area contributed by atoms with E-state index in [1.807, 2.05) is 13.8 Å². The predicted molar refractivity (Wildman–Crippen MR) is 117 cm³/mol. The summed E-state index contributed by atoms with van der Waals surface area (Å²) >= 11 is 12.5. The van der Waals surface area contributed by atoms with Gasteiger partial charge in [-0.2, -0.15) is 0 Å². The molecule has 168 valence electrons. The number of anilines is 1. The summed E-state index contributed by atoms with van der Waals surface area (Å²) in [5.74, 6) is -1.28. The number of primary amides is 1. The van der Waals surface area contributed by atoms with E-state index >= 15 is 0 Å². The molecule has 1 saturated heterocycles. The number of nitrogens with two attached hydrogens (primary N) is 2. The third-order valence-electron chi connectivity index (χ3n) is 6.25. The standard InChI is InChI=1S/C20H26Cl2N6O3/c1-19(2)14(20(19,21)22)9-27-18(31)13-4-3-7-28(13)15(29)10-26-12-8-25-6-5-11(12)16(23)17(24)30/h5-6,8,13-14,23,26H,3-4,7,9-10H2,1-2H3,(H2,24,30)(H,27,31)/p+1/t13-,14-/m0/s1. The van der Waals surface area contributed by atoms with Gasteiger partial charge in [0.25, 0.3) is 5.71 Å². The van der Waals surface area contributed by atoms with E-state index < -0.39 is 16.3 Å². The van der Waals surface area contributed by atoms with Gasteiger partial charge in [0.2, 0.25) is 11.8 Å². The lowest BCUT2D eigenvalue weighted by atomic mass is 10.1. The van der Waals surface area contributed by atoms with Crippen LogP contribution in [0.5, 0.6) is 0 Å². The van der Waals surface area contributed by atoms with Crippen molar-refractivity contribution >= 4 is 52.3 Å². The fourth-order valence-corrected chi connectivity index (χ4v) is 4.83. The first-order valence-electron chi connectivity index (χ1n) is 10.0. The minimum absolute atomic E-state index is 0.0459. The van der Waals surface area contributed by atoms with E-state index in [0.717, 1.165) is 6.42 Å². The highest BCUT2D eigenvalue weighted by atomic mass is 35.5. The number of amides is 3. The zero-order valence-electron chi connectivity index (χ0n) is 17.5. The van der Waals surface area contributed by atoms with Crippen LogP contribution in [0.2, 0.25) is 0 Å². The van der Waals surface area contributed by atoms with Crippen LogP contribution < -0.4 is 21.8 Å². The molecule has 6 N–H and O–H groups in total. The van der Waals surface area contributed by atoms with E-state index in [-0.39, 0.29) is 35.4 Å². The van der Waals surface area contributed by atoms with Gasteiger partial charge < -0.3 is 21.3 Å². The summed E-state index contributed by atoms with van der Waals surface area (Å²) < 4.78 is -0.861. The van der Waals surface area contributed by atoms with Crippen LogP contribution >= 0.6 is 23.2 Å². The normalized spacial score (nSPS) is 23.2. The molecule has 3 amide bonds. The minimum Gasteiger partial charge on any atom is -0.374 e. The maximum Gasteiger partial charge on any atom is 0.313 e. The zero-order valence-corrected chi connectivity index (χ0v) is 19.0. The Morgan fingerprint density at radius 3 is 2.65 bits per heavy atom. The Kier molecular flexibility index (Phi) is 6.48. The van der Waals surface area contributed by atoms with E-state index in [9.17, 15) is 14.4 Å². The predicted octanol–water partition coefficient (Wildman–Crippen LogP) is -0.536. The van der Waals surface area contributed by atoms with Crippen molar-refractivity contribution in [2.45, 2.75) is 37.1 Å². The average Bonchev–Trinajstić information content (AvgIpc) is 3.07. The fourth-order valence-electron chi connectivity index (χ4n) is 3.97. The number of nitrogens with zero attached hydrogens (tertiary/aromatic N) is 2. The SMILES string of the molecule is CC1(C)[C@H](CNC(=O)[C@@H]2CCCN2C(=O)CNc2cnccc2C(=[NH2+])C(N)=O)C1(Cl)Cl. The highest BCUT2D eigenvalue weighted by molar-refractivity contribution is 6.51. The average molecular weight is 470 g/mol. The first kappa shape index (κ1) is 23.3. The molecule has 2 fully saturated rings. The number of carbonyl (C=O) groups is 3. The Morgan fingerprint density at radius 1 is 1.35 bits per heavy atom. The molecule has 3 rings (SSSR count). The number of alkyl halides is 2. The topological polar surface area (TPSA) is 143 Å². The number of pyridine rings is 1. The minimum atomic E-state index is -0.861. The molecule has 1 aromatic heterocycles. The molecule has 0 unspecified atom stereocenters. The van der Waals surface area contributed by atoms with Crippen molar-refractivity contribution in [1.82, 2.24) is 15.2 Å². The Hall–Kier alpha value is -2.39. The summed E-state index contributed by atoms with van der Waals surface area (Å²) in [6, 6.07) is 0.985. The Morgan fingerprint density at radius 2 is 2.03 bits per heavy atom.